The molecule has 80 valence electrons. The van der Waals surface area contributed by atoms with E-state index in [-0.39, 0.29) is 6.42 Å². The zero-order valence-corrected chi connectivity index (χ0v) is 7.30. The summed E-state index contributed by atoms with van der Waals surface area (Å²) >= 11 is 0. The minimum Gasteiger partial charge on any atom is -0.481 e. The molecule has 0 aromatic heterocycles. The molecule has 7 nitrogen and oxygen atoms in total. The number of carboxylic acids is 3. The van der Waals surface area contributed by atoms with Crippen LogP contribution in [0, 0.1) is 5.92 Å². The van der Waals surface area contributed by atoms with Gasteiger partial charge in [-0.25, -0.2) is 9.59 Å². The fourth-order valence-corrected chi connectivity index (χ4v) is 1.04. The Morgan fingerprint density at radius 3 is 1.57 bits per heavy atom. The molecule has 7 heteroatoms. The van der Waals surface area contributed by atoms with E-state index in [1.165, 1.54) is 6.92 Å². The Balaban J connectivity index is 5.28. The van der Waals surface area contributed by atoms with Gasteiger partial charge in [-0.1, -0.05) is 6.92 Å². The van der Waals surface area contributed by atoms with Crippen LogP contribution >= 0.6 is 0 Å². The Bertz CT molecular complexity index is 255. The second kappa shape index (κ2) is 4.05. The monoisotopic (exact) mass is 206 g/mol. The Morgan fingerprint density at radius 2 is 1.50 bits per heavy atom. The molecule has 0 fully saturated rings. The number of hydrogen-bond acceptors (Lipinski definition) is 4. The Morgan fingerprint density at radius 1 is 1.14 bits per heavy atom. The summed E-state index contributed by atoms with van der Waals surface area (Å²) in [4.78, 5) is 31.4. The fourth-order valence-electron chi connectivity index (χ4n) is 1.04. The van der Waals surface area contributed by atoms with Crippen molar-refractivity contribution in [2.24, 2.45) is 5.92 Å². The van der Waals surface area contributed by atoms with Gasteiger partial charge in [-0.05, 0) is 6.42 Å². The molecule has 0 aromatic carbocycles. The third kappa shape index (κ3) is 1.82. The van der Waals surface area contributed by atoms with Crippen LogP contribution < -0.4 is 0 Å². The Kier molecular flexibility index (Phi) is 3.58. The van der Waals surface area contributed by atoms with Crippen molar-refractivity contribution in [3.05, 3.63) is 0 Å². The zero-order valence-electron chi connectivity index (χ0n) is 7.30. The molecule has 0 saturated heterocycles. The van der Waals surface area contributed by atoms with Gasteiger partial charge in [0.05, 0.1) is 0 Å². The SMILES string of the molecule is CCC(C(=O)O)C(O)(C(=O)O)C(=O)O. The minimum atomic E-state index is -3.28. The lowest BCUT2D eigenvalue weighted by atomic mass is 9.85. The quantitative estimate of drug-likeness (QED) is 0.424. The van der Waals surface area contributed by atoms with Crippen LogP contribution in [-0.2, 0) is 14.4 Å². The highest BCUT2D eigenvalue weighted by Crippen LogP contribution is 2.22. The van der Waals surface area contributed by atoms with Gasteiger partial charge in [0.25, 0.3) is 5.60 Å². The summed E-state index contributed by atoms with van der Waals surface area (Å²) in [6.45, 7) is 1.27. The summed E-state index contributed by atoms with van der Waals surface area (Å²) in [5, 5.41) is 34.7. The molecule has 0 aromatic rings. The van der Waals surface area contributed by atoms with Gasteiger partial charge >= 0.3 is 17.9 Å². The van der Waals surface area contributed by atoms with Gasteiger partial charge in [0.1, 0.15) is 5.92 Å². The second-order valence-corrected chi connectivity index (χ2v) is 2.68. The number of aliphatic carboxylic acids is 3. The molecule has 1 unspecified atom stereocenters. The average Bonchev–Trinajstić information content (AvgIpc) is 2.03. The van der Waals surface area contributed by atoms with Crippen LogP contribution in [0.2, 0.25) is 0 Å². The molecule has 0 radical (unpaired) electrons. The normalized spacial score (nSPS) is 13.3. The molecule has 4 N–H and O–H groups in total. The first kappa shape index (κ1) is 12.4. The van der Waals surface area contributed by atoms with Gasteiger partial charge in [-0.3, -0.25) is 4.79 Å². The lowest BCUT2D eigenvalue weighted by molar-refractivity contribution is -0.188. The van der Waals surface area contributed by atoms with Gasteiger partial charge < -0.3 is 20.4 Å². The molecule has 0 aliphatic rings. The highest BCUT2D eigenvalue weighted by Gasteiger charge is 2.54. The van der Waals surface area contributed by atoms with Crippen LogP contribution in [0.15, 0.2) is 0 Å². The molecule has 0 bridgehead atoms. The lowest BCUT2D eigenvalue weighted by Crippen LogP contribution is -2.55. The van der Waals surface area contributed by atoms with Gasteiger partial charge in [0.15, 0.2) is 0 Å². The maximum absolute atomic E-state index is 10.5. The first-order chi connectivity index (χ1) is 6.28. The van der Waals surface area contributed by atoms with Gasteiger partial charge in [0, 0.05) is 0 Å². The zero-order chi connectivity index (χ0) is 11.5. The molecule has 14 heavy (non-hydrogen) atoms. The van der Waals surface area contributed by atoms with E-state index >= 15 is 0 Å². The number of carbonyl (C=O) groups is 3. The van der Waals surface area contributed by atoms with Crippen molar-refractivity contribution < 1.29 is 34.8 Å². The van der Waals surface area contributed by atoms with Gasteiger partial charge in [-0.15, -0.1) is 0 Å². The number of aliphatic hydroxyl groups is 1. The van der Waals surface area contributed by atoms with Crippen LogP contribution in [0.5, 0.6) is 0 Å². The topological polar surface area (TPSA) is 132 Å². The predicted octanol–water partition coefficient (Wildman–Crippen LogP) is -1.00. The van der Waals surface area contributed by atoms with E-state index in [2.05, 4.69) is 0 Å². The highest BCUT2D eigenvalue weighted by atomic mass is 16.5. The lowest BCUT2D eigenvalue weighted by Gasteiger charge is -2.24. The van der Waals surface area contributed by atoms with Crippen molar-refractivity contribution in [1.29, 1.82) is 0 Å². The van der Waals surface area contributed by atoms with Crippen LogP contribution in [0.1, 0.15) is 13.3 Å². The van der Waals surface area contributed by atoms with Crippen molar-refractivity contribution in [2.45, 2.75) is 18.9 Å². The largest absolute Gasteiger partial charge is 0.481 e. The number of hydrogen-bond donors (Lipinski definition) is 4. The van der Waals surface area contributed by atoms with E-state index in [9.17, 15) is 19.5 Å². The van der Waals surface area contributed by atoms with E-state index in [0.29, 0.717) is 0 Å². The molecule has 0 spiro atoms. The van der Waals surface area contributed by atoms with E-state index in [0.717, 1.165) is 0 Å². The summed E-state index contributed by atoms with van der Waals surface area (Å²) in [6.07, 6.45) is -0.301. The van der Waals surface area contributed by atoms with Crippen LogP contribution in [0.3, 0.4) is 0 Å². The van der Waals surface area contributed by atoms with Gasteiger partial charge in [-0.2, -0.15) is 0 Å². The smallest absolute Gasteiger partial charge is 0.348 e. The van der Waals surface area contributed by atoms with Crippen LogP contribution in [0.25, 0.3) is 0 Å². The van der Waals surface area contributed by atoms with E-state index < -0.39 is 29.4 Å². The van der Waals surface area contributed by atoms with Crippen molar-refractivity contribution >= 4 is 17.9 Å². The molecule has 0 aliphatic heterocycles. The van der Waals surface area contributed by atoms with Crippen molar-refractivity contribution in [3.63, 3.8) is 0 Å². The van der Waals surface area contributed by atoms with Crippen molar-refractivity contribution in [3.8, 4) is 0 Å². The van der Waals surface area contributed by atoms with Crippen molar-refractivity contribution in [2.75, 3.05) is 0 Å². The molecule has 0 aliphatic carbocycles. The number of rotatable bonds is 5. The van der Waals surface area contributed by atoms with E-state index in [1.54, 1.807) is 0 Å². The summed E-state index contributed by atoms with van der Waals surface area (Å²) in [6, 6.07) is 0. The predicted molar refractivity (Wildman–Crippen MR) is 41.6 cm³/mol. The van der Waals surface area contributed by atoms with Crippen LogP contribution in [0.4, 0.5) is 0 Å². The fraction of sp³-hybridized carbons (Fsp3) is 0.571. The van der Waals surface area contributed by atoms with E-state index in [1.807, 2.05) is 0 Å². The Labute approximate surface area is 78.6 Å². The van der Waals surface area contributed by atoms with E-state index in [4.69, 9.17) is 15.3 Å². The second-order valence-electron chi connectivity index (χ2n) is 2.68. The number of carboxylic acid groups (broad SMARTS) is 3. The molecular formula is C7H10O7. The standard InChI is InChI=1S/C7H10O7/c1-2-3(4(8)9)7(14,5(10)11)6(12)13/h3,14H,2H2,1H3,(H,8,9)(H,10,11)(H,12,13). The molecule has 0 saturated carbocycles. The summed E-state index contributed by atoms with van der Waals surface area (Å²) in [7, 11) is 0. The van der Waals surface area contributed by atoms with Crippen molar-refractivity contribution in [1.82, 2.24) is 0 Å². The third-order valence-corrected chi connectivity index (χ3v) is 1.86. The first-order valence-corrected chi connectivity index (χ1v) is 3.70. The highest BCUT2D eigenvalue weighted by molar-refractivity contribution is 6.05. The molecule has 1 atom stereocenters. The average molecular weight is 206 g/mol. The summed E-state index contributed by atoms with van der Waals surface area (Å²) in [5.74, 6) is -7.71. The molecular weight excluding hydrogens is 196 g/mol. The summed E-state index contributed by atoms with van der Waals surface area (Å²) < 4.78 is 0. The Hall–Kier alpha value is -1.63. The minimum absolute atomic E-state index is 0.301. The molecule has 0 heterocycles. The molecule has 0 amide bonds. The van der Waals surface area contributed by atoms with Gasteiger partial charge in [0.2, 0.25) is 0 Å². The first-order valence-electron chi connectivity index (χ1n) is 3.70. The maximum Gasteiger partial charge on any atom is 0.348 e. The summed E-state index contributed by atoms with van der Waals surface area (Å²) in [5.41, 5.74) is -3.28. The maximum atomic E-state index is 10.5. The molecule has 0 rings (SSSR count). The third-order valence-electron chi connectivity index (χ3n) is 1.86. The van der Waals surface area contributed by atoms with Crippen LogP contribution in [-0.4, -0.2) is 43.9 Å².